The molecule has 0 aromatic heterocycles. The molecule has 1 heterocycles. The van der Waals surface area contributed by atoms with E-state index in [0.717, 1.165) is 10.9 Å². The molecule has 2 rings (SSSR count). The van der Waals surface area contributed by atoms with Gasteiger partial charge in [-0.15, -0.1) is 0 Å². The fourth-order valence-corrected chi connectivity index (χ4v) is 2.87. The largest absolute Gasteiger partial charge is 0.379 e. The Bertz CT molecular complexity index is 257. The van der Waals surface area contributed by atoms with Crippen LogP contribution in [0.2, 0.25) is 0 Å². The maximum atomic E-state index is 5.71. The zero-order valence-electron chi connectivity index (χ0n) is 7.34. The van der Waals surface area contributed by atoms with Crippen LogP contribution in [0, 0.1) is 0 Å². The van der Waals surface area contributed by atoms with Gasteiger partial charge < -0.3 is 5.73 Å². The van der Waals surface area contributed by atoms with Gasteiger partial charge in [0.1, 0.15) is 0 Å². The Kier molecular flexibility index (Phi) is 1.91. The Morgan fingerprint density at radius 3 is 3.33 bits per heavy atom. The second kappa shape index (κ2) is 2.80. The molecule has 2 aliphatic rings. The van der Waals surface area contributed by atoms with Crippen molar-refractivity contribution in [3.63, 3.8) is 0 Å². The molecule has 0 fully saturated rings. The third-order valence-electron chi connectivity index (χ3n) is 2.68. The van der Waals surface area contributed by atoms with E-state index in [1.165, 1.54) is 24.8 Å². The van der Waals surface area contributed by atoms with Crippen molar-refractivity contribution in [3.05, 3.63) is 11.6 Å². The summed E-state index contributed by atoms with van der Waals surface area (Å²) in [5, 5.41) is 0.761. The number of hydrogen-bond acceptors (Lipinski definition) is 3. The zero-order valence-corrected chi connectivity index (χ0v) is 8.16. The van der Waals surface area contributed by atoms with Crippen LogP contribution in [-0.4, -0.2) is 16.5 Å². The first-order valence-corrected chi connectivity index (χ1v) is 5.37. The molecule has 0 spiro atoms. The van der Waals surface area contributed by atoms with Crippen LogP contribution >= 0.6 is 11.8 Å². The number of fused-ring (bicyclic) bond motifs is 1. The van der Waals surface area contributed by atoms with Gasteiger partial charge in [-0.25, -0.2) is 0 Å². The summed E-state index contributed by atoms with van der Waals surface area (Å²) in [6.45, 7) is 2.20. The highest BCUT2D eigenvalue weighted by Gasteiger charge is 2.33. The number of amidine groups is 1. The third-order valence-corrected chi connectivity index (χ3v) is 3.53. The van der Waals surface area contributed by atoms with Crippen molar-refractivity contribution in [3.8, 4) is 0 Å². The Balaban J connectivity index is 2.35. The maximum absolute atomic E-state index is 5.71. The lowest BCUT2D eigenvalue weighted by Crippen LogP contribution is -2.35. The highest BCUT2D eigenvalue weighted by atomic mass is 32.2. The van der Waals surface area contributed by atoms with Gasteiger partial charge in [0.25, 0.3) is 0 Å². The second-order valence-corrected chi connectivity index (χ2v) is 4.63. The third kappa shape index (κ3) is 1.26. The zero-order chi connectivity index (χ0) is 8.60. The molecule has 12 heavy (non-hydrogen) atoms. The van der Waals surface area contributed by atoms with Crippen LogP contribution in [0.15, 0.2) is 16.6 Å². The van der Waals surface area contributed by atoms with Crippen LogP contribution in [0.3, 0.4) is 0 Å². The lowest BCUT2D eigenvalue weighted by molar-refractivity contribution is 0.466. The lowest BCUT2D eigenvalue weighted by Gasteiger charge is -2.35. The van der Waals surface area contributed by atoms with Gasteiger partial charge >= 0.3 is 0 Å². The Morgan fingerprint density at radius 1 is 1.67 bits per heavy atom. The summed E-state index contributed by atoms with van der Waals surface area (Å²) in [5.74, 6) is 1.05. The van der Waals surface area contributed by atoms with Gasteiger partial charge in [0.15, 0.2) is 5.17 Å². The number of nitrogens with two attached hydrogens (primary N) is 1. The van der Waals surface area contributed by atoms with Crippen molar-refractivity contribution >= 4 is 16.9 Å². The molecule has 0 bridgehead atoms. The first-order chi connectivity index (χ1) is 5.71. The average Bonchev–Trinajstić information content (AvgIpc) is 2.02. The summed E-state index contributed by atoms with van der Waals surface area (Å²) in [5.41, 5.74) is 7.24. The molecule has 1 aliphatic heterocycles. The first kappa shape index (κ1) is 8.17. The minimum absolute atomic E-state index is 0.0492. The molecule has 0 aromatic carbocycles. The van der Waals surface area contributed by atoms with E-state index in [4.69, 9.17) is 5.73 Å². The molecular weight excluding hydrogens is 168 g/mol. The summed E-state index contributed by atoms with van der Waals surface area (Å²) >= 11 is 1.66. The number of allylic oxidation sites excluding steroid dienone is 1. The average molecular weight is 182 g/mol. The Morgan fingerprint density at radius 2 is 2.50 bits per heavy atom. The molecular formula is C9H14N2S. The molecule has 0 radical (unpaired) electrons. The molecule has 66 valence electrons. The van der Waals surface area contributed by atoms with Crippen molar-refractivity contribution in [2.45, 2.75) is 31.7 Å². The lowest BCUT2D eigenvalue weighted by atomic mass is 9.83. The molecule has 3 heteroatoms. The van der Waals surface area contributed by atoms with Crippen molar-refractivity contribution in [1.29, 1.82) is 0 Å². The predicted octanol–water partition coefficient (Wildman–Crippen LogP) is 1.92. The highest BCUT2D eigenvalue weighted by molar-refractivity contribution is 8.14. The molecule has 1 aliphatic carbocycles. The van der Waals surface area contributed by atoms with Gasteiger partial charge in [0.05, 0.1) is 5.54 Å². The molecule has 0 aromatic rings. The smallest absolute Gasteiger partial charge is 0.155 e. The quantitative estimate of drug-likeness (QED) is 0.581. The number of rotatable bonds is 0. The normalized spacial score (nSPS) is 35.1. The minimum atomic E-state index is 0.0492. The fourth-order valence-electron chi connectivity index (χ4n) is 1.87. The van der Waals surface area contributed by atoms with Crippen LogP contribution in [0.4, 0.5) is 0 Å². The van der Waals surface area contributed by atoms with Gasteiger partial charge in [-0.1, -0.05) is 17.8 Å². The molecule has 1 atom stereocenters. The van der Waals surface area contributed by atoms with Gasteiger partial charge in [-0.3, -0.25) is 4.99 Å². The van der Waals surface area contributed by atoms with Gasteiger partial charge in [-0.2, -0.15) is 0 Å². The molecule has 0 saturated carbocycles. The molecule has 2 nitrogen and oxygen atoms in total. The highest BCUT2D eigenvalue weighted by Crippen LogP contribution is 2.37. The van der Waals surface area contributed by atoms with Crippen LogP contribution in [0.5, 0.6) is 0 Å². The van der Waals surface area contributed by atoms with E-state index in [1.54, 1.807) is 11.8 Å². The van der Waals surface area contributed by atoms with E-state index in [2.05, 4.69) is 18.0 Å². The van der Waals surface area contributed by atoms with Crippen molar-refractivity contribution in [2.75, 3.05) is 5.75 Å². The van der Waals surface area contributed by atoms with Crippen LogP contribution in [0.25, 0.3) is 0 Å². The monoisotopic (exact) mass is 182 g/mol. The summed E-state index contributed by atoms with van der Waals surface area (Å²) in [6.07, 6.45) is 5.98. The SMILES string of the molecule is CC12CCCC=C1CSC(N)=N2. The Labute approximate surface area is 77.3 Å². The van der Waals surface area contributed by atoms with Crippen LogP contribution < -0.4 is 5.73 Å². The van der Waals surface area contributed by atoms with Gasteiger partial charge in [0, 0.05) is 5.75 Å². The summed E-state index contributed by atoms with van der Waals surface area (Å²) in [4.78, 5) is 4.53. The number of aliphatic imine (C=N–C) groups is 1. The van der Waals surface area contributed by atoms with E-state index < -0.39 is 0 Å². The van der Waals surface area contributed by atoms with Crippen molar-refractivity contribution in [1.82, 2.24) is 0 Å². The summed E-state index contributed by atoms with van der Waals surface area (Å²) in [7, 11) is 0. The number of thioether (sulfide) groups is 1. The second-order valence-electron chi connectivity index (χ2n) is 3.63. The Hall–Kier alpha value is -0.440. The first-order valence-electron chi connectivity index (χ1n) is 4.38. The minimum Gasteiger partial charge on any atom is -0.379 e. The van der Waals surface area contributed by atoms with Crippen LogP contribution in [-0.2, 0) is 0 Å². The van der Waals surface area contributed by atoms with E-state index in [-0.39, 0.29) is 5.54 Å². The molecule has 0 saturated heterocycles. The number of nitrogens with zero attached hydrogens (tertiary/aromatic N) is 1. The standard InChI is InChI=1S/C9H14N2S/c1-9-5-3-2-4-7(9)6-12-8(10)11-9/h4H,2-3,5-6H2,1H3,(H2,10,11). The van der Waals surface area contributed by atoms with Crippen molar-refractivity contribution in [2.24, 2.45) is 10.7 Å². The van der Waals surface area contributed by atoms with E-state index in [9.17, 15) is 0 Å². The van der Waals surface area contributed by atoms with E-state index in [1.807, 2.05) is 0 Å². The molecule has 0 amide bonds. The van der Waals surface area contributed by atoms with Gasteiger partial charge in [-0.05, 0) is 31.8 Å². The molecule has 1 unspecified atom stereocenters. The summed E-state index contributed by atoms with van der Waals surface area (Å²) < 4.78 is 0. The molecule has 2 N–H and O–H groups in total. The fraction of sp³-hybridized carbons (Fsp3) is 0.667. The summed E-state index contributed by atoms with van der Waals surface area (Å²) in [6, 6.07) is 0. The van der Waals surface area contributed by atoms with E-state index >= 15 is 0 Å². The topological polar surface area (TPSA) is 38.4 Å². The van der Waals surface area contributed by atoms with Gasteiger partial charge in [0.2, 0.25) is 0 Å². The van der Waals surface area contributed by atoms with E-state index in [0.29, 0.717) is 0 Å². The van der Waals surface area contributed by atoms with Crippen molar-refractivity contribution < 1.29 is 0 Å². The number of hydrogen-bond donors (Lipinski definition) is 1. The van der Waals surface area contributed by atoms with Crippen LogP contribution in [0.1, 0.15) is 26.2 Å². The maximum Gasteiger partial charge on any atom is 0.155 e. The predicted molar refractivity (Wildman–Crippen MR) is 54.4 cm³/mol.